The van der Waals surface area contributed by atoms with Gasteiger partial charge < -0.3 is 11.1 Å². The Morgan fingerprint density at radius 3 is 2.75 bits per heavy atom. The first-order valence-electron chi connectivity index (χ1n) is 5.63. The molecule has 0 aromatic carbocycles. The first-order valence-corrected chi connectivity index (χ1v) is 5.63. The largest absolute Gasteiger partial charge is 0.368 e. The zero-order valence-corrected chi connectivity index (χ0v) is 10.1. The summed E-state index contributed by atoms with van der Waals surface area (Å²) in [6.07, 6.45) is 4.52. The molecular weight excluding hydrogens is 204 g/mol. The van der Waals surface area contributed by atoms with E-state index in [0.29, 0.717) is 0 Å². The fraction of sp³-hybridized carbons (Fsp3) is 0.636. The van der Waals surface area contributed by atoms with E-state index in [4.69, 9.17) is 5.73 Å². The molecule has 0 aliphatic heterocycles. The van der Waals surface area contributed by atoms with Crippen molar-refractivity contribution in [1.82, 2.24) is 15.1 Å². The van der Waals surface area contributed by atoms with Crippen LogP contribution in [0, 0.1) is 0 Å². The van der Waals surface area contributed by atoms with E-state index in [0.717, 1.165) is 18.5 Å². The van der Waals surface area contributed by atoms with Gasteiger partial charge in [-0.15, -0.1) is 0 Å². The van der Waals surface area contributed by atoms with Gasteiger partial charge in [0.1, 0.15) is 6.04 Å². The van der Waals surface area contributed by atoms with Gasteiger partial charge in [-0.05, 0) is 26.8 Å². The fourth-order valence-electron chi connectivity index (χ4n) is 1.46. The zero-order chi connectivity index (χ0) is 12.1. The van der Waals surface area contributed by atoms with Crippen LogP contribution >= 0.6 is 0 Å². The molecule has 0 aliphatic rings. The van der Waals surface area contributed by atoms with Crippen LogP contribution in [0.15, 0.2) is 12.4 Å². The SMILES string of the molecule is CCCNC(C(N)=O)c1cnn(C(C)C)c1. The van der Waals surface area contributed by atoms with E-state index in [1.807, 2.05) is 31.6 Å². The standard InChI is InChI=1S/C11H20N4O/c1-4-5-13-10(11(12)16)9-6-14-15(7-9)8(2)3/h6-8,10,13H,4-5H2,1-3H3,(H2,12,16). The molecule has 3 N–H and O–H groups in total. The van der Waals surface area contributed by atoms with E-state index in [-0.39, 0.29) is 11.9 Å². The summed E-state index contributed by atoms with van der Waals surface area (Å²) in [5, 5.41) is 7.31. The number of hydrogen-bond donors (Lipinski definition) is 2. The highest BCUT2D eigenvalue weighted by molar-refractivity contribution is 5.81. The average Bonchev–Trinajstić information content (AvgIpc) is 2.67. The number of nitrogens with one attached hydrogen (secondary N) is 1. The van der Waals surface area contributed by atoms with Gasteiger partial charge in [-0.25, -0.2) is 0 Å². The Balaban J connectivity index is 2.80. The summed E-state index contributed by atoms with van der Waals surface area (Å²) in [4.78, 5) is 11.3. The Hall–Kier alpha value is -1.36. The number of amides is 1. The van der Waals surface area contributed by atoms with Gasteiger partial charge in [0.25, 0.3) is 0 Å². The smallest absolute Gasteiger partial charge is 0.239 e. The van der Waals surface area contributed by atoms with Crippen molar-refractivity contribution in [3.8, 4) is 0 Å². The molecule has 0 fully saturated rings. The molecule has 1 unspecified atom stereocenters. The van der Waals surface area contributed by atoms with Crippen LogP contribution < -0.4 is 11.1 Å². The lowest BCUT2D eigenvalue weighted by Crippen LogP contribution is -2.33. The Kier molecular flexibility index (Phi) is 4.49. The van der Waals surface area contributed by atoms with Gasteiger partial charge in [0.15, 0.2) is 0 Å². The molecule has 5 nitrogen and oxygen atoms in total. The molecule has 1 atom stereocenters. The molecule has 0 radical (unpaired) electrons. The second kappa shape index (κ2) is 5.65. The Labute approximate surface area is 96.0 Å². The summed E-state index contributed by atoms with van der Waals surface area (Å²) < 4.78 is 1.82. The molecule has 90 valence electrons. The van der Waals surface area contributed by atoms with Crippen LogP contribution in [0.3, 0.4) is 0 Å². The second-order valence-electron chi connectivity index (χ2n) is 4.14. The lowest BCUT2D eigenvalue weighted by Gasteiger charge is -2.12. The van der Waals surface area contributed by atoms with Crippen molar-refractivity contribution in [2.24, 2.45) is 5.73 Å². The highest BCUT2D eigenvalue weighted by Gasteiger charge is 2.18. The molecule has 1 aromatic heterocycles. The number of nitrogens with two attached hydrogens (primary N) is 1. The van der Waals surface area contributed by atoms with Crippen molar-refractivity contribution in [2.45, 2.75) is 39.3 Å². The monoisotopic (exact) mass is 224 g/mol. The zero-order valence-electron chi connectivity index (χ0n) is 10.1. The van der Waals surface area contributed by atoms with Crippen LogP contribution in [0.1, 0.15) is 44.8 Å². The first kappa shape index (κ1) is 12.7. The van der Waals surface area contributed by atoms with Crippen LogP contribution in [0.4, 0.5) is 0 Å². The summed E-state index contributed by atoms with van der Waals surface area (Å²) in [5.41, 5.74) is 6.18. The number of nitrogens with zero attached hydrogens (tertiary/aromatic N) is 2. The summed E-state index contributed by atoms with van der Waals surface area (Å²) in [5.74, 6) is -0.364. The highest BCUT2D eigenvalue weighted by atomic mass is 16.1. The predicted molar refractivity (Wildman–Crippen MR) is 62.8 cm³/mol. The number of primary amides is 1. The summed E-state index contributed by atoms with van der Waals surface area (Å²) in [7, 11) is 0. The molecule has 0 bridgehead atoms. The second-order valence-corrected chi connectivity index (χ2v) is 4.14. The third-order valence-corrected chi connectivity index (χ3v) is 2.37. The average molecular weight is 224 g/mol. The van der Waals surface area contributed by atoms with Crippen LogP contribution in [0.2, 0.25) is 0 Å². The van der Waals surface area contributed by atoms with E-state index in [9.17, 15) is 4.79 Å². The molecule has 1 aromatic rings. The Morgan fingerprint density at radius 2 is 2.31 bits per heavy atom. The lowest BCUT2D eigenvalue weighted by molar-refractivity contribution is -0.120. The number of rotatable bonds is 6. The molecule has 1 rings (SSSR count). The summed E-state index contributed by atoms with van der Waals surface area (Å²) >= 11 is 0. The van der Waals surface area contributed by atoms with E-state index >= 15 is 0 Å². The number of aromatic nitrogens is 2. The maximum atomic E-state index is 11.3. The minimum atomic E-state index is -0.438. The third kappa shape index (κ3) is 3.06. The van der Waals surface area contributed by atoms with Crippen molar-refractivity contribution in [2.75, 3.05) is 6.54 Å². The molecule has 0 aliphatic carbocycles. The number of carbonyl (C=O) groups excluding carboxylic acids is 1. The molecule has 1 heterocycles. The van der Waals surface area contributed by atoms with Crippen LogP contribution in [0.25, 0.3) is 0 Å². The molecule has 16 heavy (non-hydrogen) atoms. The molecule has 1 amide bonds. The first-order chi connectivity index (χ1) is 7.56. The number of carbonyl (C=O) groups is 1. The van der Waals surface area contributed by atoms with E-state index in [1.54, 1.807) is 6.20 Å². The quantitative estimate of drug-likeness (QED) is 0.756. The molecule has 5 heteroatoms. The van der Waals surface area contributed by atoms with Crippen LogP contribution in [-0.4, -0.2) is 22.2 Å². The van der Waals surface area contributed by atoms with Gasteiger partial charge in [0.05, 0.1) is 6.20 Å². The molecule has 0 saturated heterocycles. The normalized spacial score (nSPS) is 13.0. The summed E-state index contributed by atoms with van der Waals surface area (Å²) in [6.45, 7) is 6.88. The van der Waals surface area contributed by atoms with Gasteiger partial charge in [-0.1, -0.05) is 6.92 Å². The van der Waals surface area contributed by atoms with Gasteiger partial charge in [-0.3, -0.25) is 9.48 Å². The fourth-order valence-corrected chi connectivity index (χ4v) is 1.46. The minimum Gasteiger partial charge on any atom is -0.368 e. The molecule has 0 saturated carbocycles. The van der Waals surface area contributed by atoms with Gasteiger partial charge >= 0.3 is 0 Å². The highest BCUT2D eigenvalue weighted by Crippen LogP contribution is 2.13. The van der Waals surface area contributed by atoms with Crippen LogP contribution in [-0.2, 0) is 4.79 Å². The van der Waals surface area contributed by atoms with E-state index in [1.165, 1.54) is 0 Å². The Morgan fingerprint density at radius 1 is 1.62 bits per heavy atom. The van der Waals surface area contributed by atoms with Gasteiger partial charge in [-0.2, -0.15) is 5.10 Å². The van der Waals surface area contributed by atoms with Crippen molar-refractivity contribution < 1.29 is 4.79 Å². The van der Waals surface area contributed by atoms with E-state index < -0.39 is 6.04 Å². The number of hydrogen-bond acceptors (Lipinski definition) is 3. The van der Waals surface area contributed by atoms with Gasteiger partial charge in [0.2, 0.25) is 5.91 Å². The lowest BCUT2D eigenvalue weighted by atomic mass is 10.1. The maximum Gasteiger partial charge on any atom is 0.239 e. The van der Waals surface area contributed by atoms with Crippen molar-refractivity contribution >= 4 is 5.91 Å². The topological polar surface area (TPSA) is 72.9 Å². The van der Waals surface area contributed by atoms with Crippen LogP contribution in [0.5, 0.6) is 0 Å². The van der Waals surface area contributed by atoms with E-state index in [2.05, 4.69) is 10.4 Å². The maximum absolute atomic E-state index is 11.3. The minimum absolute atomic E-state index is 0.286. The van der Waals surface area contributed by atoms with Crippen molar-refractivity contribution in [1.29, 1.82) is 0 Å². The third-order valence-electron chi connectivity index (χ3n) is 2.37. The van der Waals surface area contributed by atoms with Crippen molar-refractivity contribution in [3.05, 3.63) is 18.0 Å². The predicted octanol–water partition coefficient (Wildman–Crippen LogP) is 0.990. The Bertz CT molecular complexity index is 346. The molecule has 0 spiro atoms. The van der Waals surface area contributed by atoms with Crippen molar-refractivity contribution in [3.63, 3.8) is 0 Å². The van der Waals surface area contributed by atoms with Gasteiger partial charge in [0, 0.05) is 17.8 Å². The summed E-state index contributed by atoms with van der Waals surface area (Å²) in [6, 6.07) is -0.152. The molecular formula is C11H20N4O.